The smallest absolute Gasteiger partial charge is 0.321 e. The molecular weight excluding hydrogens is 409 g/mol. The maximum Gasteiger partial charge on any atom is 0.321 e. The minimum atomic E-state index is -0.255. The average molecular weight is 435 g/mol. The average Bonchev–Trinajstić information content (AvgIpc) is 3.20. The first-order valence-electron chi connectivity index (χ1n) is 11.0. The molecule has 0 aliphatic carbocycles. The van der Waals surface area contributed by atoms with Crippen LogP contribution in [-0.4, -0.2) is 46.3 Å². The van der Waals surface area contributed by atoms with Crippen molar-refractivity contribution in [2.24, 2.45) is 0 Å². The highest BCUT2D eigenvalue weighted by molar-refractivity contribution is 5.30. The van der Waals surface area contributed by atoms with Gasteiger partial charge in [-0.25, -0.2) is 14.4 Å². The summed E-state index contributed by atoms with van der Waals surface area (Å²) in [5.74, 6) is 1.17. The fraction of sp³-hybridized carbons (Fsp3) is 0.360. The molecule has 0 amide bonds. The van der Waals surface area contributed by atoms with Crippen LogP contribution in [0.15, 0.2) is 67.0 Å². The van der Waals surface area contributed by atoms with Crippen LogP contribution >= 0.6 is 0 Å². The Morgan fingerprint density at radius 1 is 1.00 bits per heavy atom. The minimum absolute atomic E-state index is 0.0149. The zero-order valence-electron chi connectivity index (χ0n) is 17.8. The van der Waals surface area contributed by atoms with E-state index in [4.69, 9.17) is 14.2 Å². The summed E-state index contributed by atoms with van der Waals surface area (Å²) >= 11 is 0. The zero-order valence-corrected chi connectivity index (χ0v) is 17.8. The third-order valence-electron chi connectivity index (χ3n) is 6.11. The van der Waals surface area contributed by atoms with Crippen LogP contribution in [0.4, 0.5) is 4.39 Å². The summed E-state index contributed by atoms with van der Waals surface area (Å²) in [6.07, 6.45) is 6.17. The Labute approximate surface area is 187 Å². The number of rotatable bonds is 6. The summed E-state index contributed by atoms with van der Waals surface area (Å²) < 4.78 is 31.1. The topological polar surface area (TPSA) is 56.7 Å². The summed E-state index contributed by atoms with van der Waals surface area (Å²) in [5.41, 5.74) is 1.08. The van der Waals surface area contributed by atoms with Crippen LogP contribution in [-0.2, 0) is 11.3 Å². The molecule has 2 aliphatic rings. The number of likely N-dealkylation sites (tertiary alicyclic amines) is 1. The SMILES string of the molecule is Fc1ccc(OC2COC3(CCN(Cc4cccc(Oc5ncccn5)c4)CC3)C2)cc1. The Hall–Kier alpha value is -3.03. The molecule has 166 valence electrons. The van der Waals surface area contributed by atoms with Crippen molar-refractivity contribution in [2.45, 2.75) is 37.5 Å². The number of halogens is 1. The Morgan fingerprint density at radius 3 is 2.56 bits per heavy atom. The molecule has 0 bridgehead atoms. The lowest BCUT2D eigenvalue weighted by molar-refractivity contribution is -0.0454. The molecule has 2 saturated heterocycles. The van der Waals surface area contributed by atoms with Gasteiger partial charge in [0, 0.05) is 38.4 Å². The molecule has 1 spiro atoms. The van der Waals surface area contributed by atoms with Crippen LogP contribution in [0.1, 0.15) is 24.8 Å². The van der Waals surface area contributed by atoms with E-state index in [9.17, 15) is 4.39 Å². The van der Waals surface area contributed by atoms with Crippen molar-refractivity contribution in [1.82, 2.24) is 14.9 Å². The highest BCUT2D eigenvalue weighted by Crippen LogP contribution is 2.37. The minimum Gasteiger partial charge on any atom is -0.488 e. The quantitative estimate of drug-likeness (QED) is 0.564. The molecule has 5 rings (SSSR count). The molecule has 1 aromatic heterocycles. The second kappa shape index (κ2) is 9.22. The van der Waals surface area contributed by atoms with Gasteiger partial charge in [-0.2, -0.15) is 0 Å². The van der Waals surface area contributed by atoms with Gasteiger partial charge in [0.15, 0.2) is 0 Å². The van der Waals surface area contributed by atoms with Crippen LogP contribution < -0.4 is 9.47 Å². The van der Waals surface area contributed by atoms with E-state index < -0.39 is 0 Å². The van der Waals surface area contributed by atoms with E-state index >= 15 is 0 Å². The Balaban J connectivity index is 1.13. The molecule has 2 aliphatic heterocycles. The molecule has 3 aromatic rings. The van der Waals surface area contributed by atoms with Gasteiger partial charge in [0.25, 0.3) is 0 Å². The van der Waals surface area contributed by atoms with E-state index in [2.05, 4.69) is 20.9 Å². The summed E-state index contributed by atoms with van der Waals surface area (Å²) in [6, 6.07) is 16.4. The summed E-state index contributed by atoms with van der Waals surface area (Å²) in [4.78, 5) is 10.7. The number of benzene rings is 2. The Bertz CT molecular complexity index is 1020. The van der Waals surface area contributed by atoms with Gasteiger partial charge >= 0.3 is 6.01 Å². The van der Waals surface area contributed by atoms with Crippen LogP contribution in [0.2, 0.25) is 0 Å². The second-order valence-electron chi connectivity index (χ2n) is 8.45. The molecule has 32 heavy (non-hydrogen) atoms. The first kappa shape index (κ1) is 20.8. The van der Waals surface area contributed by atoms with Gasteiger partial charge in [0.2, 0.25) is 0 Å². The Kier molecular flexibility index (Phi) is 6.01. The molecule has 2 fully saturated rings. The maximum atomic E-state index is 13.1. The highest BCUT2D eigenvalue weighted by atomic mass is 19.1. The van der Waals surface area contributed by atoms with Gasteiger partial charge in [0.1, 0.15) is 23.4 Å². The van der Waals surface area contributed by atoms with Crippen LogP contribution in [0.5, 0.6) is 17.5 Å². The number of hydrogen-bond donors (Lipinski definition) is 0. The first-order valence-corrected chi connectivity index (χ1v) is 11.0. The van der Waals surface area contributed by atoms with E-state index in [0.29, 0.717) is 18.4 Å². The van der Waals surface area contributed by atoms with Crippen molar-refractivity contribution in [3.63, 3.8) is 0 Å². The van der Waals surface area contributed by atoms with Crippen LogP contribution in [0.3, 0.4) is 0 Å². The van der Waals surface area contributed by atoms with Crippen LogP contribution in [0.25, 0.3) is 0 Å². The molecular formula is C25H26FN3O3. The lowest BCUT2D eigenvalue weighted by atomic mass is 9.88. The number of nitrogens with zero attached hydrogens (tertiary/aromatic N) is 3. The zero-order chi connectivity index (χ0) is 21.8. The second-order valence-corrected chi connectivity index (χ2v) is 8.45. The van der Waals surface area contributed by atoms with E-state index in [0.717, 1.165) is 44.6 Å². The molecule has 7 heteroatoms. The normalized spacial score (nSPS) is 20.3. The standard InChI is InChI=1S/C25H26FN3O3/c26-20-5-7-21(8-6-20)31-23-16-25(30-18-23)9-13-29(14-10-25)17-19-3-1-4-22(15-19)32-24-27-11-2-12-28-24/h1-8,11-12,15,23H,9-10,13-14,16-18H2. The summed E-state index contributed by atoms with van der Waals surface area (Å²) in [5, 5.41) is 0. The maximum absolute atomic E-state index is 13.1. The fourth-order valence-corrected chi connectivity index (χ4v) is 4.46. The predicted octanol–water partition coefficient (Wildman–Crippen LogP) is 4.61. The third-order valence-corrected chi connectivity index (χ3v) is 6.11. The molecule has 1 unspecified atom stereocenters. The molecule has 0 N–H and O–H groups in total. The van der Waals surface area contributed by atoms with Crippen LogP contribution in [0, 0.1) is 5.82 Å². The van der Waals surface area contributed by atoms with Crippen molar-refractivity contribution >= 4 is 0 Å². The van der Waals surface area contributed by atoms with Gasteiger partial charge in [-0.15, -0.1) is 0 Å². The largest absolute Gasteiger partial charge is 0.488 e. The number of piperidine rings is 1. The van der Waals surface area contributed by atoms with Crippen molar-refractivity contribution in [3.8, 4) is 17.5 Å². The predicted molar refractivity (Wildman–Crippen MR) is 117 cm³/mol. The fourth-order valence-electron chi connectivity index (χ4n) is 4.46. The van der Waals surface area contributed by atoms with Gasteiger partial charge in [-0.05, 0) is 60.9 Å². The van der Waals surface area contributed by atoms with Crippen molar-refractivity contribution < 1.29 is 18.6 Å². The van der Waals surface area contributed by atoms with E-state index in [1.54, 1.807) is 30.6 Å². The summed E-state index contributed by atoms with van der Waals surface area (Å²) in [6.45, 7) is 3.38. The van der Waals surface area contributed by atoms with Crippen molar-refractivity contribution in [3.05, 3.63) is 78.4 Å². The van der Waals surface area contributed by atoms with Gasteiger partial charge in [-0.1, -0.05) is 12.1 Å². The lowest BCUT2D eigenvalue weighted by Gasteiger charge is -2.38. The number of ether oxygens (including phenoxy) is 3. The number of hydrogen-bond acceptors (Lipinski definition) is 6. The molecule has 0 saturated carbocycles. The number of aromatic nitrogens is 2. The van der Waals surface area contributed by atoms with E-state index in [1.807, 2.05) is 18.2 Å². The first-order chi connectivity index (χ1) is 15.7. The van der Waals surface area contributed by atoms with Crippen molar-refractivity contribution in [1.29, 1.82) is 0 Å². The third kappa shape index (κ3) is 5.06. The highest BCUT2D eigenvalue weighted by Gasteiger charge is 2.43. The molecule has 0 radical (unpaired) electrons. The molecule has 6 nitrogen and oxygen atoms in total. The van der Waals surface area contributed by atoms with E-state index in [1.165, 1.54) is 17.7 Å². The monoisotopic (exact) mass is 435 g/mol. The van der Waals surface area contributed by atoms with Gasteiger partial charge in [-0.3, -0.25) is 4.90 Å². The summed E-state index contributed by atoms with van der Waals surface area (Å²) in [7, 11) is 0. The lowest BCUT2D eigenvalue weighted by Crippen LogP contribution is -2.44. The van der Waals surface area contributed by atoms with Crippen molar-refractivity contribution in [2.75, 3.05) is 19.7 Å². The molecule has 1 atom stereocenters. The molecule has 2 aromatic carbocycles. The Morgan fingerprint density at radius 2 is 1.78 bits per heavy atom. The molecule has 3 heterocycles. The van der Waals surface area contributed by atoms with Gasteiger partial charge < -0.3 is 14.2 Å². The van der Waals surface area contributed by atoms with E-state index in [-0.39, 0.29) is 17.5 Å². The van der Waals surface area contributed by atoms with Gasteiger partial charge in [0.05, 0.1) is 12.2 Å².